The quantitative estimate of drug-likeness (QED) is 0.643. The van der Waals surface area contributed by atoms with Gasteiger partial charge >= 0.3 is 0 Å². The summed E-state index contributed by atoms with van der Waals surface area (Å²) in [7, 11) is 0. The Hall–Kier alpha value is -1.01. The van der Waals surface area contributed by atoms with Crippen LogP contribution in [0.2, 0.25) is 0 Å². The zero-order valence-electron chi connectivity index (χ0n) is 16.5. The van der Waals surface area contributed by atoms with Crippen molar-refractivity contribution in [1.29, 1.82) is 0 Å². The van der Waals surface area contributed by atoms with Crippen molar-refractivity contribution in [3.63, 3.8) is 0 Å². The van der Waals surface area contributed by atoms with Crippen LogP contribution in [-0.2, 0) is 11.3 Å². The molecule has 0 spiro atoms. The zero-order valence-corrected chi connectivity index (χ0v) is 18.1. The molecule has 0 aromatic heterocycles. The third-order valence-corrected chi connectivity index (χ3v) is 5.05. The smallest absolute Gasteiger partial charge is 0.223 e. The molecule has 1 aliphatic rings. The van der Waals surface area contributed by atoms with Crippen LogP contribution in [0.25, 0.3) is 0 Å². The maximum atomic E-state index is 12.3. The van der Waals surface area contributed by atoms with E-state index < -0.39 is 0 Å². The van der Waals surface area contributed by atoms with E-state index in [-0.39, 0.29) is 42.7 Å². The summed E-state index contributed by atoms with van der Waals surface area (Å²) in [5.41, 5.74) is 7.05. The van der Waals surface area contributed by atoms with Crippen molar-refractivity contribution in [3.8, 4) is 5.75 Å². The summed E-state index contributed by atoms with van der Waals surface area (Å²) in [6.07, 6.45) is 3.86. The van der Waals surface area contributed by atoms with Crippen LogP contribution in [0, 0.1) is 5.92 Å². The second-order valence-corrected chi connectivity index (χ2v) is 6.86. The van der Waals surface area contributed by atoms with Crippen molar-refractivity contribution >= 4 is 30.7 Å². The maximum absolute atomic E-state index is 12.3. The van der Waals surface area contributed by atoms with Gasteiger partial charge in [0.25, 0.3) is 0 Å². The van der Waals surface area contributed by atoms with E-state index in [1.54, 1.807) is 0 Å². The van der Waals surface area contributed by atoms with Gasteiger partial charge in [0.2, 0.25) is 5.91 Å². The molecule has 156 valence electrons. The van der Waals surface area contributed by atoms with Crippen molar-refractivity contribution in [2.75, 3.05) is 26.2 Å². The third-order valence-electron chi connectivity index (χ3n) is 5.05. The average Bonchev–Trinajstić information content (AvgIpc) is 2.64. The molecule has 1 fully saturated rings. The summed E-state index contributed by atoms with van der Waals surface area (Å²) < 4.78 is 5.78. The van der Waals surface area contributed by atoms with E-state index in [1.807, 2.05) is 24.3 Å². The number of ether oxygens (including phenoxy) is 1. The lowest BCUT2D eigenvalue weighted by atomic mass is 9.85. The number of halogens is 2. The molecule has 1 aliphatic carbocycles. The summed E-state index contributed by atoms with van der Waals surface area (Å²) in [6.45, 7) is 8.61. The Balaban J connectivity index is 0.00000338. The lowest BCUT2D eigenvalue weighted by Gasteiger charge is -2.25. The fourth-order valence-electron chi connectivity index (χ4n) is 3.34. The highest BCUT2D eigenvalue weighted by atomic mass is 35.5. The normalized spacial score (nSPS) is 19.0. The van der Waals surface area contributed by atoms with E-state index >= 15 is 0 Å². The van der Waals surface area contributed by atoms with Crippen LogP contribution in [-0.4, -0.2) is 43.1 Å². The SMILES string of the molecule is CCN(CC)CCOc1ccc(CNC(=O)C2CCCC(N)C2)cc1.Cl.Cl. The molecule has 2 rings (SSSR count). The maximum Gasteiger partial charge on any atom is 0.223 e. The number of rotatable bonds is 9. The molecule has 7 heteroatoms. The Labute approximate surface area is 176 Å². The second kappa shape index (κ2) is 14.1. The number of carbonyl (C=O) groups excluding carboxylic acids is 1. The zero-order chi connectivity index (χ0) is 18.1. The van der Waals surface area contributed by atoms with Crippen LogP contribution in [0.4, 0.5) is 0 Å². The summed E-state index contributed by atoms with van der Waals surface area (Å²) in [5, 5.41) is 3.04. The van der Waals surface area contributed by atoms with Gasteiger partial charge in [0.05, 0.1) is 0 Å². The largest absolute Gasteiger partial charge is 0.492 e. The van der Waals surface area contributed by atoms with Crippen LogP contribution >= 0.6 is 24.8 Å². The van der Waals surface area contributed by atoms with Crippen LogP contribution in [0.3, 0.4) is 0 Å². The first-order valence-electron chi connectivity index (χ1n) is 9.59. The van der Waals surface area contributed by atoms with Crippen molar-refractivity contribution in [2.45, 2.75) is 52.1 Å². The number of nitrogens with two attached hydrogens (primary N) is 1. The molecule has 0 heterocycles. The Morgan fingerprint density at radius 1 is 1.19 bits per heavy atom. The number of nitrogens with one attached hydrogen (secondary N) is 1. The topological polar surface area (TPSA) is 67.6 Å². The summed E-state index contributed by atoms with van der Waals surface area (Å²) in [4.78, 5) is 14.6. The number of hydrogen-bond acceptors (Lipinski definition) is 4. The van der Waals surface area contributed by atoms with Gasteiger partial charge in [0, 0.05) is 25.0 Å². The summed E-state index contributed by atoms with van der Waals surface area (Å²) in [6, 6.07) is 8.15. The van der Waals surface area contributed by atoms with E-state index in [2.05, 4.69) is 24.1 Å². The van der Waals surface area contributed by atoms with Crippen molar-refractivity contribution < 1.29 is 9.53 Å². The molecule has 0 aliphatic heterocycles. The van der Waals surface area contributed by atoms with E-state index in [9.17, 15) is 4.79 Å². The monoisotopic (exact) mass is 419 g/mol. The van der Waals surface area contributed by atoms with Crippen LogP contribution in [0.1, 0.15) is 45.1 Å². The van der Waals surface area contributed by atoms with E-state index in [4.69, 9.17) is 10.5 Å². The average molecular weight is 420 g/mol. The Morgan fingerprint density at radius 3 is 2.44 bits per heavy atom. The number of amides is 1. The molecule has 1 amide bonds. The van der Waals surface area contributed by atoms with Gasteiger partial charge in [-0.15, -0.1) is 24.8 Å². The molecule has 1 aromatic rings. The number of carbonyl (C=O) groups is 1. The van der Waals surface area contributed by atoms with Crippen molar-refractivity contribution in [2.24, 2.45) is 11.7 Å². The second-order valence-electron chi connectivity index (χ2n) is 6.86. The standard InChI is InChI=1S/C20H33N3O2.2ClH/c1-3-23(4-2)12-13-25-19-10-8-16(9-11-19)15-22-20(24)17-6-5-7-18(21)14-17;;/h8-11,17-18H,3-7,12-15,21H2,1-2H3,(H,22,24);2*1H. The lowest BCUT2D eigenvalue weighted by Crippen LogP contribution is -2.37. The van der Waals surface area contributed by atoms with Crippen LogP contribution in [0.5, 0.6) is 5.75 Å². The molecule has 2 atom stereocenters. The van der Waals surface area contributed by atoms with Crippen molar-refractivity contribution in [3.05, 3.63) is 29.8 Å². The minimum atomic E-state index is 0. The molecule has 0 saturated heterocycles. The Bertz CT molecular complexity index is 524. The van der Waals surface area contributed by atoms with Gasteiger partial charge in [-0.3, -0.25) is 4.79 Å². The highest BCUT2D eigenvalue weighted by Gasteiger charge is 2.24. The number of likely N-dealkylation sites (N-methyl/N-ethyl adjacent to an activating group) is 1. The van der Waals surface area contributed by atoms with Crippen LogP contribution in [0.15, 0.2) is 24.3 Å². The van der Waals surface area contributed by atoms with E-state index in [0.717, 1.165) is 56.6 Å². The fourth-order valence-corrected chi connectivity index (χ4v) is 3.34. The lowest BCUT2D eigenvalue weighted by molar-refractivity contribution is -0.126. The molecule has 2 unspecified atom stereocenters. The van der Waals surface area contributed by atoms with Gasteiger partial charge in [-0.05, 0) is 50.0 Å². The van der Waals surface area contributed by atoms with Crippen LogP contribution < -0.4 is 15.8 Å². The first-order valence-corrected chi connectivity index (χ1v) is 9.59. The highest BCUT2D eigenvalue weighted by molar-refractivity contribution is 5.85. The molecule has 3 N–H and O–H groups in total. The Kier molecular flexibility index (Phi) is 13.5. The molecule has 0 radical (unpaired) electrons. The van der Waals surface area contributed by atoms with Gasteiger partial charge in [-0.25, -0.2) is 0 Å². The molecule has 1 saturated carbocycles. The van der Waals surface area contributed by atoms with Gasteiger partial charge in [-0.2, -0.15) is 0 Å². The predicted octanol–water partition coefficient (Wildman–Crippen LogP) is 3.38. The first-order chi connectivity index (χ1) is 12.1. The number of benzene rings is 1. The minimum Gasteiger partial charge on any atom is -0.492 e. The highest BCUT2D eigenvalue weighted by Crippen LogP contribution is 2.23. The van der Waals surface area contributed by atoms with Gasteiger partial charge in [-0.1, -0.05) is 32.4 Å². The molecule has 27 heavy (non-hydrogen) atoms. The minimum absolute atomic E-state index is 0. The van der Waals surface area contributed by atoms with E-state index in [0.29, 0.717) is 13.2 Å². The molecule has 1 aromatic carbocycles. The third kappa shape index (κ3) is 9.15. The van der Waals surface area contributed by atoms with Crippen molar-refractivity contribution in [1.82, 2.24) is 10.2 Å². The number of nitrogens with zero attached hydrogens (tertiary/aromatic N) is 1. The molecule has 0 bridgehead atoms. The number of hydrogen-bond donors (Lipinski definition) is 2. The van der Waals surface area contributed by atoms with E-state index in [1.165, 1.54) is 0 Å². The first kappa shape index (κ1) is 26.0. The molecule has 5 nitrogen and oxygen atoms in total. The molecular weight excluding hydrogens is 385 g/mol. The predicted molar refractivity (Wildman–Crippen MR) is 116 cm³/mol. The fraction of sp³-hybridized carbons (Fsp3) is 0.650. The summed E-state index contributed by atoms with van der Waals surface area (Å²) in [5.74, 6) is 1.08. The van der Waals surface area contributed by atoms with Gasteiger partial charge in [0.15, 0.2) is 0 Å². The molecular formula is C20H35Cl2N3O2. The Morgan fingerprint density at radius 2 is 1.85 bits per heavy atom. The van der Waals surface area contributed by atoms with Gasteiger partial charge in [0.1, 0.15) is 12.4 Å². The summed E-state index contributed by atoms with van der Waals surface area (Å²) >= 11 is 0. The van der Waals surface area contributed by atoms with Gasteiger partial charge < -0.3 is 20.7 Å².